The Bertz CT molecular complexity index is 358. The molecular weight excluding hydrogens is 258 g/mol. The lowest BCUT2D eigenvalue weighted by Gasteiger charge is -2.23. The lowest BCUT2D eigenvalue weighted by molar-refractivity contribution is -0.139. The van der Waals surface area contributed by atoms with Crippen LogP contribution >= 0.6 is 0 Å². The Hall–Kier alpha value is -1.30. The number of likely N-dealkylation sites (tertiary alicyclic amines) is 1. The van der Waals surface area contributed by atoms with E-state index in [2.05, 4.69) is 17.1 Å². The van der Waals surface area contributed by atoms with Gasteiger partial charge in [-0.1, -0.05) is 20.8 Å². The lowest BCUT2D eigenvalue weighted by Crippen LogP contribution is -2.48. The normalized spacial score (nSPS) is 24.2. The SMILES string of the molecule is CC(C)C[C@@H](NC(=O)N1CC(C)C(N(C)C)C1)C(=O)O. The Morgan fingerprint density at radius 3 is 2.35 bits per heavy atom. The van der Waals surface area contributed by atoms with E-state index in [9.17, 15) is 9.59 Å². The number of amides is 2. The van der Waals surface area contributed by atoms with Gasteiger partial charge >= 0.3 is 12.0 Å². The third kappa shape index (κ3) is 4.37. The van der Waals surface area contributed by atoms with E-state index in [0.717, 1.165) is 0 Å². The van der Waals surface area contributed by atoms with Crippen molar-refractivity contribution in [3.05, 3.63) is 0 Å². The molecule has 2 N–H and O–H groups in total. The van der Waals surface area contributed by atoms with Crippen LogP contribution in [0.1, 0.15) is 27.2 Å². The van der Waals surface area contributed by atoms with Gasteiger partial charge < -0.3 is 20.2 Å². The number of carboxylic acids is 1. The summed E-state index contributed by atoms with van der Waals surface area (Å²) in [4.78, 5) is 27.2. The fraction of sp³-hybridized carbons (Fsp3) is 0.857. The zero-order valence-corrected chi connectivity index (χ0v) is 13.1. The molecule has 116 valence electrons. The van der Waals surface area contributed by atoms with Crippen molar-refractivity contribution in [2.24, 2.45) is 11.8 Å². The zero-order valence-electron chi connectivity index (χ0n) is 13.1. The number of likely N-dealkylation sites (N-methyl/N-ethyl adjacent to an activating group) is 1. The standard InChI is InChI=1S/C14H27N3O3/c1-9(2)6-11(13(18)19)15-14(20)17-7-10(3)12(8-17)16(4)5/h9-12H,6-8H2,1-5H3,(H,15,20)(H,18,19)/t10?,11-,12?/m1/s1. The van der Waals surface area contributed by atoms with Crippen LogP contribution in [0.2, 0.25) is 0 Å². The summed E-state index contributed by atoms with van der Waals surface area (Å²) in [5, 5.41) is 11.8. The highest BCUT2D eigenvalue weighted by Gasteiger charge is 2.34. The summed E-state index contributed by atoms with van der Waals surface area (Å²) in [5.74, 6) is -0.351. The summed E-state index contributed by atoms with van der Waals surface area (Å²) in [6.07, 6.45) is 0.446. The first kappa shape index (κ1) is 16.8. The first-order chi connectivity index (χ1) is 9.22. The molecule has 2 unspecified atom stereocenters. The number of carbonyl (C=O) groups excluding carboxylic acids is 1. The number of hydrogen-bond donors (Lipinski definition) is 2. The molecule has 0 aromatic heterocycles. The molecule has 6 nitrogen and oxygen atoms in total. The van der Waals surface area contributed by atoms with Gasteiger partial charge in [0.25, 0.3) is 0 Å². The van der Waals surface area contributed by atoms with Gasteiger partial charge in [0.1, 0.15) is 6.04 Å². The summed E-state index contributed by atoms with van der Waals surface area (Å²) in [6, 6.07) is -0.750. The predicted molar refractivity (Wildman–Crippen MR) is 77.6 cm³/mol. The van der Waals surface area contributed by atoms with Crippen LogP contribution in [-0.4, -0.2) is 66.2 Å². The average Bonchev–Trinajstić information content (AvgIpc) is 2.69. The number of carboxylic acid groups (broad SMARTS) is 1. The number of carbonyl (C=O) groups is 2. The highest BCUT2D eigenvalue weighted by molar-refractivity contribution is 5.82. The molecule has 0 spiro atoms. The Labute approximate surface area is 121 Å². The van der Waals surface area contributed by atoms with E-state index >= 15 is 0 Å². The molecule has 0 radical (unpaired) electrons. The van der Waals surface area contributed by atoms with Gasteiger partial charge in [0.15, 0.2) is 0 Å². The van der Waals surface area contributed by atoms with Crippen LogP contribution in [0.3, 0.4) is 0 Å². The number of urea groups is 1. The van der Waals surface area contributed by atoms with Crippen molar-refractivity contribution in [3.8, 4) is 0 Å². The van der Waals surface area contributed by atoms with Crippen molar-refractivity contribution < 1.29 is 14.7 Å². The first-order valence-corrected chi connectivity index (χ1v) is 7.17. The smallest absolute Gasteiger partial charge is 0.326 e. The number of rotatable bonds is 5. The number of nitrogens with one attached hydrogen (secondary N) is 1. The first-order valence-electron chi connectivity index (χ1n) is 7.17. The number of hydrogen-bond acceptors (Lipinski definition) is 3. The van der Waals surface area contributed by atoms with E-state index in [4.69, 9.17) is 5.11 Å². The van der Waals surface area contributed by atoms with Crippen LogP contribution in [0.25, 0.3) is 0 Å². The van der Waals surface area contributed by atoms with E-state index in [1.165, 1.54) is 0 Å². The quantitative estimate of drug-likeness (QED) is 0.793. The minimum atomic E-state index is -0.969. The van der Waals surface area contributed by atoms with Crippen molar-refractivity contribution in [2.75, 3.05) is 27.2 Å². The molecule has 20 heavy (non-hydrogen) atoms. The van der Waals surface area contributed by atoms with Crippen LogP contribution in [-0.2, 0) is 4.79 Å². The molecule has 1 aliphatic rings. The molecule has 0 aliphatic carbocycles. The minimum Gasteiger partial charge on any atom is -0.480 e. The molecule has 2 amide bonds. The molecule has 1 aliphatic heterocycles. The summed E-state index contributed by atoms with van der Waals surface area (Å²) >= 11 is 0. The molecule has 0 saturated carbocycles. The second-order valence-corrected chi connectivity index (χ2v) is 6.38. The molecule has 0 aromatic carbocycles. The summed E-state index contributed by atoms with van der Waals surface area (Å²) < 4.78 is 0. The second-order valence-electron chi connectivity index (χ2n) is 6.38. The molecule has 0 aromatic rings. The minimum absolute atomic E-state index is 0.225. The van der Waals surface area contributed by atoms with Gasteiger partial charge in [-0.15, -0.1) is 0 Å². The Kier molecular flexibility index (Phi) is 5.80. The van der Waals surface area contributed by atoms with E-state index in [-0.39, 0.29) is 11.9 Å². The van der Waals surface area contributed by atoms with Gasteiger partial charge in [-0.3, -0.25) is 0 Å². The molecule has 3 atom stereocenters. The van der Waals surface area contributed by atoms with E-state index < -0.39 is 12.0 Å². The molecule has 1 heterocycles. The largest absolute Gasteiger partial charge is 0.480 e. The Morgan fingerprint density at radius 1 is 1.35 bits per heavy atom. The Morgan fingerprint density at radius 2 is 1.95 bits per heavy atom. The fourth-order valence-corrected chi connectivity index (χ4v) is 2.72. The van der Waals surface area contributed by atoms with Gasteiger partial charge in [0, 0.05) is 19.1 Å². The van der Waals surface area contributed by atoms with Crippen molar-refractivity contribution in [1.82, 2.24) is 15.1 Å². The van der Waals surface area contributed by atoms with Crippen molar-refractivity contribution >= 4 is 12.0 Å². The summed E-state index contributed by atoms with van der Waals surface area (Å²) in [7, 11) is 4.00. The van der Waals surface area contributed by atoms with Crippen molar-refractivity contribution in [3.63, 3.8) is 0 Å². The lowest BCUT2D eigenvalue weighted by atomic mass is 10.0. The van der Waals surface area contributed by atoms with E-state index in [1.54, 1.807) is 4.90 Å². The van der Waals surface area contributed by atoms with Crippen LogP contribution in [0, 0.1) is 11.8 Å². The summed E-state index contributed by atoms with van der Waals surface area (Å²) in [5.41, 5.74) is 0. The van der Waals surface area contributed by atoms with Gasteiger partial charge in [-0.25, -0.2) is 9.59 Å². The van der Waals surface area contributed by atoms with Crippen LogP contribution in [0.4, 0.5) is 4.79 Å². The average molecular weight is 285 g/mol. The number of aliphatic carboxylic acids is 1. The van der Waals surface area contributed by atoms with Crippen LogP contribution < -0.4 is 5.32 Å². The maximum atomic E-state index is 12.2. The highest BCUT2D eigenvalue weighted by atomic mass is 16.4. The number of nitrogens with zero attached hydrogens (tertiary/aromatic N) is 2. The van der Waals surface area contributed by atoms with Gasteiger partial charge in [-0.05, 0) is 32.4 Å². The maximum absolute atomic E-state index is 12.2. The molecule has 1 saturated heterocycles. The van der Waals surface area contributed by atoms with Gasteiger partial charge in [0.2, 0.25) is 0 Å². The highest BCUT2D eigenvalue weighted by Crippen LogP contribution is 2.20. The van der Waals surface area contributed by atoms with Crippen molar-refractivity contribution in [2.45, 2.75) is 39.3 Å². The monoisotopic (exact) mass is 285 g/mol. The third-order valence-corrected chi connectivity index (χ3v) is 3.83. The molecule has 6 heteroatoms. The third-order valence-electron chi connectivity index (χ3n) is 3.83. The summed E-state index contributed by atoms with van der Waals surface area (Å²) in [6.45, 7) is 7.32. The fourth-order valence-electron chi connectivity index (χ4n) is 2.72. The Balaban J connectivity index is 2.60. The van der Waals surface area contributed by atoms with Gasteiger partial charge in [-0.2, -0.15) is 0 Å². The van der Waals surface area contributed by atoms with Gasteiger partial charge in [0.05, 0.1) is 0 Å². The van der Waals surface area contributed by atoms with Crippen molar-refractivity contribution in [1.29, 1.82) is 0 Å². The molecule has 1 rings (SSSR count). The van der Waals surface area contributed by atoms with Crippen LogP contribution in [0.15, 0.2) is 0 Å². The predicted octanol–water partition coefficient (Wildman–Crippen LogP) is 1.08. The maximum Gasteiger partial charge on any atom is 0.326 e. The zero-order chi connectivity index (χ0) is 15.4. The van der Waals surface area contributed by atoms with Crippen LogP contribution in [0.5, 0.6) is 0 Å². The van der Waals surface area contributed by atoms with E-state index in [1.807, 2.05) is 27.9 Å². The molecule has 1 fully saturated rings. The topological polar surface area (TPSA) is 72.9 Å². The molecular formula is C14H27N3O3. The van der Waals surface area contributed by atoms with E-state index in [0.29, 0.717) is 31.5 Å². The molecule has 0 bridgehead atoms. The second kappa shape index (κ2) is 6.92.